The van der Waals surface area contributed by atoms with Crippen molar-refractivity contribution in [1.82, 2.24) is 5.32 Å². The van der Waals surface area contributed by atoms with Crippen molar-refractivity contribution in [3.63, 3.8) is 0 Å². The quantitative estimate of drug-likeness (QED) is 0.861. The summed E-state index contributed by atoms with van der Waals surface area (Å²) >= 11 is 0. The van der Waals surface area contributed by atoms with Crippen molar-refractivity contribution >= 4 is 0 Å². The molecule has 1 atom stereocenters. The molecule has 3 nitrogen and oxygen atoms in total. The Hall–Kier alpha value is -1.53. The Bertz CT molecular complexity index is 438. The molecule has 0 aliphatic rings. The van der Waals surface area contributed by atoms with Crippen molar-refractivity contribution in [3.05, 3.63) is 29.8 Å². The minimum atomic E-state index is -0.149. The summed E-state index contributed by atoms with van der Waals surface area (Å²) in [6, 6.07) is 10.6. The van der Waals surface area contributed by atoms with Crippen LogP contribution in [0.4, 0.5) is 0 Å². The minimum absolute atomic E-state index is 0.149. The monoisotopic (exact) mass is 274 g/mol. The number of nitrogens with zero attached hydrogens (tertiary/aromatic N) is 1. The van der Waals surface area contributed by atoms with Crippen LogP contribution in [0, 0.1) is 11.3 Å². The highest BCUT2D eigenvalue weighted by Gasteiger charge is 2.13. The Morgan fingerprint density at radius 1 is 1.20 bits per heavy atom. The Morgan fingerprint density at radius 3 is 2.25 bits per heavy atom. The van der Waals surface area contributed by atoms with E-state index in [-0.39, 0.29) is 11.5 Å². The second-order valence-electron chi connectivity index (χ2n) is 6.41. The van der Waals surface area contributed by atoms with Crippen molar-refractivity contribution in [2.75, 3.05) is 6.61 Å². The lowest BCUT2D eigenvalue weighted by Crippen LogP contribution is -2.34. The van der Waals surface area contributed by atoms with E-state index >= 15 is 0 Å². The molecule has 1 aromatic rings. The van der Waals surface area contributed by atoms with E-state index in [0.717, 1.165) is 5.75 Å². The van der Waals surface area contributed by atoms with Crippen LogP contribution < -0.4 is 10.1 Å². The summed E-state index contributed by atoms with van der Waals surface area (Å²) in [5, 5.41) is 12.2. The van der Waals surface area contributed by atoms with E-state index in [1.54, 1.807) is 0 Å². The molecule has 3 heteroatoms. The first kappa shape index (κ1) is 16.5. The van der Waals surface area contributed by atoms with Gasteiger partial charge in [0.1, 0.15) is 5.75 Å². The molecule has 0 aliphatic carbocycles. The van der Waals surface area contributed by atoms with Gasteiger partial charge in [-0.3, -0.25) is 5.32 Å². The Morgan fingerprint density at radius 2 is 1.80 bits per heavy atom. The minimum Gasteiger partial charge on any atom is -0.493 e. The zero-order valence-electron chi connectivity index (χ0n) is 13.2. The van der Waals surface area contributed by atoms with Crippen LogP contribution in [0.3, 0.4) is 0 Å². The molecular weight excluding hydrogens is 248 g/mol. The standard InChI is InChI=1S/C17H26N2O/c1-13(2)19-15(12-18)10-11-20-16-8-6-14(7-9-16)17(3,4)5/h6-9,13,15,19H,10-11H2,1-5H3. The van der Waals surface area contributed by atoms with Crippen molar-refractivity contribution in [2.24, 2.45) is 0 Å². The highest BCUT2D eigenvalue weighted by atomic mass is 16.5. The molecule has 20 heavy (non-hydrogen) atoms. The van der Waals surface area contributed by atoms with Crippen LogP contribution in [0.1, 0.15) is 46.6 Å². The van der Waals surface area contributed by atoms with Crippen LogP contribution in [0.5, 0.6) is 5.75 Å². The number of nitriles is 1. The zero-order valence-corrected chi connectivity index (χ0v) is 13.2. The third kappa shape index (κ3) is 5.63. The van der Waals surface area contributed by atoms with Crippen LogP contribution in [-0.2, 0) is 5.41 Å². The first-order chi connectivity index (χ1) is 9.32. The van der Waals surface area contributed by atoms with Crippen LogP contribution >= 0.6 is 0 Å². The molecule has 0 fully saturated rings. The van der Waals surface area contributed by atoms with Gasteiger partial charge in [-0.05, 0) is 37.0 Å². The molecule has 1 rings (SSSR count). The van der Waals surface area contributed by atoms with Crippen LogP contribution in [0.25, 0.3) is 0 Å². The summed E-state index contributed by atoms with van der Waals surface area (Å²) in [6.45, 7) is 11.2. The second-order valence-corrected chi connectivity index (χ2v) is 6.41. The Balaban J connectivity index is 2.45. The number of ether oxygens (including phenoxy) is 1. The topological polar surface area (TPSA) is 45.0 Å². The van der Waals surface area contributed by atoms with Gasteiger partial charge in [-0.25, -0.2) is 0 Å². The fourth-order valence-corrected chi connectivity index (χ4v) is 1.93. The lowest BCUT2D eigenvalue weighted by molar-refractivity contribution is 0.294. The van der Waals surface area contributed by atoms with Gasteiger partial charge in [0.2, 0.25) is 0 Å². The zero-order chi connectivity index (χ0) is 15.2. The lowest BCUT2D eigenvalue weighted by Gasteiger charge is -2.19. The maximum atomic E-state index is 9.03. The van der Waals surface area contributed by atoms with Gasteiger partial charge >= 0.3 is 0 Å². The van der Waals surface area contributed by atoms with E-state index in [1.165, 1.54) is 5.56 Å². The summed E-state index contributed by atoms with van der Waals surface area (Å²) in [6.07, 6.45) is 0.690. The highest BCUT2D eigenvalue weighted by molar-refractivity contribution is 5.31. The molecule has 0 radical (unpaired) electrons. The lowest BCUT2D eigenvalue weighted by atomic mass is 9.87. The van der Waals surface area contributed by atoms with Gasteiger partial charge in [-0.2, -0.15) is 5.26 Å². The molecule has 0 aliphatic heterocycles. The summed E-state index contributed by atoms with van der Waals surface area (Å²) < 4.78 is 5.70. The predicted molar refractivity (Wildman–Crippen MR) is 82.9 cm³/mol. The number of rotatable bonds is 6. The molecule has 1 unspecified atom stereocenters. The highest BCUT2D eigenvalue weighted by Crippen LogP contribution is 2.24. The van der Waals surface area contributed by atoms with Gasteiger partial charge in [0.05, 0.1) is 18.7 Å². The van der Waals surface area contributed by atoms with E-state index < -0.39 is 0 Å². The largest absolute Gasteiger partial charge is 0.493 e. The number of hydrogen-bond donors (Lipinski definition) is 1. The summed E-state index contributed by atoms with van der Waals surface area (Å²) in [5.41, 5.74) is 1.45. The summed E-state index contributed by atoms with van der Waals surface area (Å²) in [4.78, 5) is 0. The van der Waals surface area contributed by atoms with Crippen molar-refractivity contribution in [3.8, 4) is 11.8 Å². The van der Waals surface area contributed by atoms with E-state index in [2.05, 4.69) is 44.3 Å². The van der Waals surface area contributed by atoms with Gasteiger partial charge < -0.3 is 4.74 Å². The molecule has 0 spiro atoms. The fourth-order valence-electron chi connectivity index (χ4n) is 1.93. The molecule has 0 saturated carbocycles. The molecule has 0 saturated heterocycles. The predicted octanol–water partition coefficient (Wildman–Crippen LogP) is 3.64. The van der Waals surface area contributed by atoms with Crippen LogP contribution in [0.2, 0.25) is 0 Å². The maximum absolute atomic E-state index is 9.03. The molecule has 0 aromatic heterocycles. The van der Waals surface area contributed by atoms with Crippen LogP contribution in [0.15, 0.2) is 24.3 Å². The summed E-state index contributed by atoms with van der Waals surface area (Å²) in [7, 11) is 0. The molecule has 0 bridgehead atoms. The van der Waals surface area contributed by atoms with Crippen LogP contribution in [-0.4, -0.2) is 18.7 Å². The smallest absolute Gasteiger partial charge is 0.119 e. The molecule has 1 aromatic carbocycles. The average molecular weight is 274 g/mol. The van der Waals surface area contributed by atoms with E-state index in [9.17, 15) is 0 Å². The van der Waals surface area contributed by atoms with Gasteiger partial charge in [0.25, 0.3) is 0 Å². The van der Waals surface area contributed by atoms with Crippen molar-refractivity contribution in [1.29, 1.82) is 5.26 Å². The normalized spacial score (nSPS) is 13.1. The van der Waals surface area contributed by atoms with Crippen molar-refractivity contribution in [2.45, 2.75) is 58.5 Å². The molecule has 110 valence electrons. The fraction of sp³-hybridized carbons (Fsp3) is 0.588. The Kier molecular flexibility index (Phi) is 6.04. The van der Waals surface area contributed by atoms with E-state index in [0.29, 0.717) is 19.1 Å². The van der Waals surface area contributed by atoms with Gasteiger partial charge in [0, 0.05) is 12.5 Å². The van der Waals surface area contributed by atoms with E-state index in [1.807, 2.05) is 26.0 Å². The molecule has 0 amide bonds. The first-order valence-electron chi connectivity index (χ1n) is 7.22. The van der Waals surface area contributed by atoms with Gasteiger partial charge in [-0.15, -0.1) is 0 Å². The molecular formula is C17H26N2O. The number of benzene rings is 1. The molecule has 0 heterocycles. The Labute approximate surface area is 123 Å². The van der Waals surface area contributed by atoms with Gasteiger partial charge in [0.15, 0.2) is 0 Å². The third-order valence-electron chi connectivity index (χ3n) is 3.09. The van der Waals surface area contributed by atoms with Gasteiger partial charge in [-0.1, -0.05) is 32.9 Å². The number of nitrogens with one attached hydrogen (secondary N) is 1. The summed E-state index contributed by atoms with van der Waals surface area (Å²) in [5.74, 6) is 0.860. The van der Waals surface area contributed by atoms with E-state index in [4.69, 9.17) is 10.00 Å². The van der Waals surface area contributed by atoms with Crippen molar-refractivity contribution < 1.29 is 4.74 Å². The molecule has 1 N–H and O–H groups in total. The average Bonchev–Trinajstić information content (AvgIpc) is 2.36. The second kappa shape index (κ2) is 7.31. The number of hydrogen-bond acceptors (Lipinski definition) is 3. The third-order valence-corrected chi connectivity index (χ3v) is 3.09. The first-order valence-corrected chi connectivity index (χ1v) is 7.22. The maximum Gasteiger partial charge on any atom is 0.119 e. The SMILES string of the molecule is CC(C)NC(C#N)CCOc1ccc(C(C)(C)C)cc1.